The minimum Gasteiger partial charge on any atom is -0.491 e. The predicted octanol–water partition coefficient (Wildman–Crippen LogP) is 3.63. The van der Waals surface area contributed by atoms with E-state index in [1.54, 1.807) is 12.1 Å². The first-order chi connectivity index (χ1) is 14.9. The number of anilines is 1. The molecule has 7 nitrogen and oxygen atoms in total. The molecule has 0 saturated heterocycles. The first-order valence-electron chi connectivity index (χ1n) is 10.3. The molecule has 1 saturated carbocycles. The van der Waals surface area contributed by atoms with Crippen LogP contribution >= 0.6 is 0 Å². The third-order valence-corrected chi connectivity index (χ3v) is 7.59. The zero-order valence-electron chi connectivity index (χ0n) is 18.0. The van der Waals surface area contributed by atoms with Crippen LogP contribution in [0.25, 0.3) is 0 Å². The number of alkyl halides is 2. The molecule has 32 heavy (non-hydrogen) atoms. The van der Waals surface area contributed by atoms with Crippen molar-refractivity contribution in [3.05, 3.63) is 35.8 Å². The number of rotatable bonds is 6. The van der Waals surface area contributed by atoms with Gasteiger partial charge in [-0.05, 0) is 41.2 Å². The Morgan fingerprint density at radius 1 is 1.22 bits per heavy atom. The average Bonchev–Trinajstić information content (AvgIpc) is 3.12. The van der Waals surface area contributed by atoms with Crippen LogP contribution in [0.2, 0.25) is 19.6 Å². The van der Waals surface area contributed by atoms with Crippen molar-refractivity contribution < 1.29 is 32.4 Å². The predicted molar refractivity (Wildman–Crippen MR) is 114 cm³/mol. The van der Waals surface area contributed by atoms with E-state index in [1.165, 1.54) is 6.07 Å². The third kappa shape index (κ3) is 5.70. The van der Waals surface area contributed by atoms with Gasteiger partial charge in [-0.2, -0.15) is 0 Å². The van der Waals surface area contributed by atoms with Gasteiger partial charge in [0.25, 0.3) is 11.8 Å². The number of aromatic hydroxyl groups is 1. The second kappa shape index (κ2) is 8.97. The first kappa shape index (κ1) is 23.8. The monoisotopic (exact) mass is 469 g/mol. The summed E-state index contributed by atoms with van der Waals surface area (Å²) in [5.41, 5.74) is 0.201. The van der Waals surface area contributed by atoms with Crippen LogP contribution in [0.5, 0.6) is 5.88 Å². The van der Waals surface area contributed by atoms with Crippen LogP contribution < -0.4 is 15.8 Å². The molecule has 1 aliphatic carbocycles. The summed E-state index contributed by atoms with van der Waals surface area (Å²) < 4.78 is 46.5. The van der Waals surface area contributed by atoms with E-state index >= 15 is 0 Å². The van der Waals surface area contributed by atoms with Gasteiger partial charge in [0.2, 0.25) is 17.6 Å². The molecule has 3 N–H and O–H groups in total. The van der Waals surface area contributed by atoms with E-state index in [9.17, 15) is 27.9 Å². The Morgan fingerprint density at radius 2 is 1.88 bits per heavy atom. The Kier molecular flexibility index (Phi) is 6.68. The minimum atomic E-state index is -2.81. The fourth-order valence-electron chi connectivity index (χ4n) is 3.80. The molecule has 0 radical (unpaired) electrons. The summed E-state index contributed by atoms with van der Waals surface area (Å²) in [5, 5.41) is 18.2. The molecule has 174 valence electrons. The molecular weight excluding hydrogens is 443 g/mol. The van der Waals surface area contributed by atoms with Crippen LogP contribution in [-0.4, -0.2) is 42.1 Å². The van der Waals surface area contributed by atoms with Gasteiger partial charge in [0.1, 0.15) is 11.9 Å². The maximum absolute atomic E-state index is 14.6. The highest BCUT2D eigenvalue weighted by molar-refractivity contribution is 6.88. The molecule has 1 heterocycles. The van der Waals surface area contributed by atoms with Gasteiger partial charge in [0.05, 0.1) is 14.1 Å². The van der Waals surface area contributed by atoms with Gasteiger partial charge in [-0.25, -0.2) is 13.2 Å². The second-order valence-electron chi connectivity index (χ2n) is 9.13. The highest BCUT2D eigenvalue weighted by Crippen LogP contribution is 2.37. The molecule has 2 aromatic rings. The van der Waals surface area contributed by atoms with Gasteiger partial charge in [0, 0.05) is 18.5 Å². The number of carbonyl (C=O) groups excluding carboxylic acids is 2. The average molecular weight is 470 g/mol. The molecule has 1 unspecified atom stereocenters. The van der Waals surface area contributed by atoms with E-state index in [2.05, 4.69) is 15.8 Å². The van der Waals surface area contributed by atoms with Crippen LogP contribution in [0.1, 0.15) is 36.2 Å². The Balaban J connectivity index is 1.80. The standard InChI is InChI=1S/C21H26F3N3O4Si/c1-32(2,3)16-5-4-13(10-14(16)22)25-20(30)18(12-6-8-21(23,24)9-7-12)26-19(29)15-11-17(28)27-31-15/h4-5,10-12,18H,6-9H2,1-3H3,(H,25,30)(H,26,29)(H,27,28). The van der Waals surface area contributed by atoms with E-state index in [1.807, 2.05) is 19.6 Å². The maximum Gasteiger partial charge on any atom is 0.290 e. The van der Waals surface area contributed by atoms with Crippen molar-refractivity contribution in [1.29, 1.82) is 0 Å². The molecule has 1 aromatic carbocycles. The summed E-state index contributed by atoms with van der Waals surface area (Å²) in [7, 11) is -1.91. The largest absolute Gasteiger partial charge is 0.491 e. The molecule has 0 spiro atoms. The van der Waals surface area contributed by atoms with Crippen molar-refractivity contribution in [2.45, 2.75) is 57.3 Å². The summed E-state index contributed by atoms with van der Waals surface area (Å²) in [6.07, 6.45) is -0.758. The lowest BCUT2D eigenvalue weighted by Crippen LogP contribution is -2.50. The summed E-state index contributed by atoms with van der Waals surface area (Å²) in [5.74, 6) is -6.11. The number of nitrogens with one attached hydrogen (secondary N) is 2. The second-order valence-corrected chi connectivity index (χ2v) is 14.2. The Hall–Kier alpha value is -2.82. The zero-order valence-corrected chi connectivity index (χ0v) is 19.0. The summed E-state index contributed by atoms with van der Waals surface area (Å²) >= 11 is 0. The lowest BCUT2D eigenvalue weighted by molar-refractivity contribution is -0.121. The Morgan fingerprint density at radius 3 is 2.41 bits per heavy atom. The smallest absolute Gasteiger partial charge is 0.290 e. The molecule has 2 amide bonds. The SMILES string of the molecule is C[Si](C)(C)c1ccc(NC(=O)C(NC(=O)c2cc(O)no2)C2CCC(F)(F)CC2)cc1F. The fourth-order valence-corrected chi connectivity index (χ4v) is 5.17. The van der Waals surface area contributed by atoms with Gasteiger partial charge in [-0.3, -0.25) is 9.59 Å². The summed E-state index contributed by atoms with van der Waals surface area (Å²) in [6, 6.07) is 4.24. The highest BCUT2D eigenvalue weighted by atomic mass is 28.3. The number of benzene rings is 1. The topological polar surface area (TPSA) is 104 Å². The van der Waals surface area contributed by atoms with Gasteiger partial charge < -0.3 is 20.3 Å². The number of carbonyl (C=O) groups is 2. The molecule has 1 fully saturated rings. The number of aromatic nitrogens is 1. The van der Waals surface area contributed by atoms with Crippen LogP contribution in [0, 0.1) is 11.7 Å². The quantitative estimate of drug-likeness (QED) is 0.561. The molecule has 1 aliphatic rings. The normalized spacial score (nSPS) is 17.6. The van der Waals surface area contributed by atoms with Gasteiger partial charge in [-0.1, -0.05) is 25.7 Å². The number of hydrogen-bond donors (Lipinski definition) is 3. The summed E-state index contributed by atoms with van der Waals surface area (Å²) in [4.78, 5) is 25.5. The number of halogens is 3. The maximum atomic E-state index is 14.6. The van der Waals surface area contributed by atoms with Crippen LogP contribution in [0.4, 0.5) is 18.9 Å². The van der Waals surface area contributed by atoms with Crippen molar-refractivity contribution in [2.75, 3.05) is 5.32 Å². The molecule has 0 bridgehead atoms. The molecule has 1 atom stereocenters. The lowest BCUT2D eigenvalue weighted by Gasteiger charge is -2.33. The van der Waals surface area contributed by atoms with Gasteiger partial charge in [0.15, 0.2) is 0 Å². The Labute approximate surface area is 184 Å². The molecule has 3 rings (SSSR count). The van der Waals surface area contributed by atoms with Crippen LogP contribution in [0.15, 0.2) is 28.8 Å². The van der Waals surface area contributed by atoms with Crippen LogP contribution in [-0.2, 0) is 4.79 Å². The van der Waals surface area contributed by atoms with E-state index < -0.39 is 62.3 Å². The third-order valence-electron chi connectivity index (χ3n) is 5.57. The molecule has 11 heteroatoms. The fraction of sp³-hybridized carbons (Fsp3) is 0.476. The number of hydrogen-bond acceptors (Lipinski definition) is 5. The zero-order chi connectivity index (χ0) is 23.7. The van der Waals surface area contributed by atoms with Crippen molar-refractivity contribution >= 4 is 30.8 Å². The highest BCUT2D eigenvalue weighted by Gasteiger charge is 2.40. The summed E-state index contributed by atoms with van der Waals surface area (Å²) in [6.45, 7) is 5.99. The van der Waals surface area contributed by atoms with E-state index in [0.29, 0.717) is 5.19 Å². The molecule has 1 aromatic heterocycles. The van der Waals surface area contributed by atoms with Gasteiger partial charge >= 0.3 is 0 Å². The number of nitrogens with zero attached hydrogens (tertiary/aromatic N) is 1. The Bertz CT molecular complexity index is 996. The van der Waals surface area contributed by atoms with E-state index in [-0.39, 0.29) is 24.3 Å². The van der Waals surface area contributed by atoms with E-state index in [4.69, 9.17) is 4.52 Å². The van der Waals surface area contributed by atoms with Crippen molar-refractivity contribution in [1.82, 2.24) is 10.5 Å². The van der Waals surface area contributed by atoms with Crippen molar-refractivity contribution in [2.24, 2.45) is 5.92 Å². The van der Waals surface area contributed by atoms with Crippen molar-refractivity contribution in [3.63, 3.8) is 0 Å². The van der Waals surface area contributed by atoms with Gasteiger partial charge in [-0.15, -0.1) is 0 Å². The first-order valence-corrected chi connectivity index (χ1v) is 13.8. The molecule has 0 aliphatic heterocycles. The van der Waals surface area contributed by atoms with Crippen LogP contribution in [0.3, 0.4) is 0 Å². The molecular formula is C21H26F3N3O4Si. The number of amides is 2. The minimum absolute atomic E-state index is 0.0238. The van der Waals surface area contributed by atoms with E-state index in [0.717, 1.165) is 6.07 Å². The lowest BCUT2D eigenvalue weighted by atomic mass is 9.81. The van der Waals surface area contributed by atoms with Crippen molar-refractivity contribution in [3.8, 4) is 5.88 Å².